The van der Waals surface area contributed by atoms with Crippen LogP contribution >= 0.6 is 0 Å². The van der Waals surface area contributed by atoms with Gasteiger partial charge in [-0.3, -0.25) is 5.32 Å². The minimum Gasteiger partial charge on any atom is -0.465 e. The van der Waals surface area contributed by atoms with E-state index in [9.17, 15) is 4.79 Å². The molecule has 0 fully saturated rings. The molecule has 84 valence electrons. The SMILES string of the molecule is CC1=C(NC(=O)O)N(C(C)(C)C)CC=C1. The van der Waals surface area contributed by atoms with E-state index in [1.165, 1.54) is 0 Å². The van der Waals surface area contributed by atoms with Gasteiger partial charge >= 0.3 is 6.09 Å². The zero-order valence-electron chi connectivity index (χ0n) is 9.66. The van der Waals surface area contributed by atoms with Crippen LogP contribution in [-0.4, -0.2) is 28.2 Å². The van der Waals surface area contributed by atoms with Gasteiger partial charge in [0.05, 0.1) is 0 Å². The van der Waals surface area contributed by atoms with E-state index in [4.69, 9.17) is 5.11 Å². The fourth-order valence-corrected chi connectivity index (χ4v) is 1.59. The number of hydrogen-bond acceptors (Lipinski definition) is 2. The summed E-state index contributed by atoms with van der Waals surface area (Å²) in [5.41, 5.74) is 0.850. The average Bonchev–Trinajstić information content (AvgIpc) is 2.05. The number of rotatable bonds is 1. The molecule has 4 heteroatoms. The lowest BCUT2D eigenvalue weighted by molar-refractivity contribution is 0.167. The van der Waals surface area contributed by atoms with Crippen LogP contribution in [0.4, 0.5) is 4.79 Å². The predicted molar refractivity (Wildman–Crippen MR) is 59.5 cm³/mol. The molecule has 1 aliphatic heterocycles. The average molecular weight is 210 g/mol. The summed E-state index contributed by atoms with van der Waals surface area (Å²) in [6, 6.07) is 0. The summed E-state index contributed by atoms with van der Waals surface area (Å²) in [4.78, 5) is 12.7. The Hall–Kier alpha value is -1.45. The Labute approximate surface area is 90.3 Å². The Morgan fingerprint density at radius 3 is 2.60 bits per heavy atom. The van der Waals surface area contributed by atoms with Crippen LogP contribution in [0.15, 0.2) is 23.5 Å². The second-order valence-corrected chi connectivity index (χ2v) is 4.65. The lowest BCUT2D eigenvalue weighted by Crippen LogP contribution is -2.47. The number of allylic oxidation sites excluding steroid dienone is 2. The summed E-state index contributed by atoms with van der Waals surface area (Å²) >= 11 is 0. The molecule has 0 aliphatic carbocycles. The van der Waals surface area contributed by atoms with Crippen molar-refractivity contribution in [2.24, 2.45) is 0 Å². The third-order valence-electron chi connectivity index (χ3n) is 2.33. The summed E-state index contributed by atoms with van der Waals surface area (Å²) < 4.78 is 0. The Bertz CT molecular complexity index is 324. The van der Waals surface area contributed by atoms with Crippen molar-refractivity contribution in [3.63, 3.8) is 0 Å². The van der Waals surface area contributed by atoms with Gasteiger partial charge in [0.1, 0.15) is 5.82 Å². The maximum absolute atomic E-state index is 10.7. The highest BCUT2D eigenvalue weighted by Gasteiger charge is 2.26. The van der Waals surface area contributed by atoms with E-state index < -0.39 is 6.09 Å². The maximum atomic E-state index is 10.7. The van der Waals surface area contributed by atoms with E-state index in [-0.39, 0.29) is 5.54 Å². The molecule has 1 aliphatic rings. The van der Waals surface area contributed by atoms with Gasteiger partial charge in [-0.15, -0.1) is 0 Å². The van der Waals surface area contributed by atoms with Crippen LogP contribution in [-0.2, 0) is 0 Å². The third kappa shape index (κ3) is 2.75. The fourth-order valence-electron chi connectivity index (χ4n) is 1.59. The first kappa shape index (κ1) is 11.6. The first-order chi connectivity index (χ1) is 6.82. The zero-order valence-corrected chi connectivity index (χ0v) is 9.66. The van der Waals surface area contributed by atoms with Crippen LogP contribution in [0.1, 0.15) is 27.7 Å². The third-order valence-corrected chi connectivity index (χ3v) is 2.33. The van der Waals surface area contributed by atoms with Crippen LogP contribution < -0.4 is 5.32 Å². The van der Waals surface area contributed by atoms with E-state index in [2.05, 4.69) is 26.1 Å². The molecule has 0 spiro atoms. The van der Waals surface area contributed by atoms with Crippen molar-refractivity contribution in [3.05, 3.63) is 23.5 Å². The lowest BCUT2D eigenvalue weighted by Gasteiger charge is -2.40. The van der Waals surface area contributed by atoms with Gasteiger partial charge in [-0.05, 0) is 33.3 Å². The van der Waals surface area contributed by atoms with Gasteiger partial charge in [-0.2, -0.15) is 0 Å². The molecule has 15 heavy (non-hydrogen) atoms. The quantitative estimate of drug-likeness (QED) is 0.697. The highest BCUT2D eigenvalue weighted by molar-refractivity contribution is 5.67. The Kier molecular flexibility index (Phi) is 3.07. The smallest absolute Gasteiger partial charge is 0.410 e. The van der Waals surface area contributed by atoms with E-state index in [0.717, 1.165) is 12.1 Å². The largest absolute Gasteiger partial charge is 0.465 e. The molecule has 0 unspecified atom stereocenters. The molecule has 0 radical (unpaired) electrons. The summed E-state index contributed by atoms with van der Waals surface area (Å²) in [6.45, 7) is 8.81. The monoisotopic (exact) mass is 210 g/mol. The Morgan fingerprint density at radius 1 is 1.53 bits per heavy atom. The normalized spacial score (nSPS) is 16.9. The van der Waals surface area contributed by atoms with Crippen LogP contribution in [0.25, 0.3) is 0 Å². The maximum Gasteiger partial charge on any atom is 0.410 e. The summed E-state index contributed by atoms with van der Waals surface area (Å²) in [6.07, 6.45) is 2.95. The molecule has 1 heterocycles. The molecule has 2 N–H and O–H groups in total. The van der Waals surface area contributed by atoms with Gasteiger partial charge in [-0.25, -0.2) is 4.79 Å². The van der Waals surface area contributed by atoms with Crippen molar-refractivity contribution in [1.82, 2.24) is 10.2 Å². The Morgan fingerprint density at radius 2 is 2.13 bits per heavy atom. The van der Waals surface area contributed by atoms with Gasteiger partial charge in [0.25, 0.3) is 0 Å². The number of carboxylic acid groups (broad SMARTS) is 1. The fraction of sp³-hybridized carbons (Fsp3) is 0.545. The molecule has 0 aromatic carbocycles. The van der Waals surface area contributed by atoms with Crippen molar-refractivity contribution >= 4 is 6.09 Å². The van der Waals surface area contributed by atoms with Crippen molar-refractivity contribution in [2.45, 2.75) is 33.2 Å². The van der Waals surface area contributed by atoms with Crippen molar-refractivity contribution in [3.8, 4) is 0 Å². The van der Waals surface area contributed by atoms with Gasteiger partial charge in [0.15, 0.2) is 0 Å². The van der Waals surface area contributed by atoms with Gasteiger partial charge in [0.2, 0.25) is 0 Å². The first-order valence-corrected chi connectivity index (χ1v) is 4.97. The number of hydrogen-bond donors (Lipinski definition) is 2. The number of amides is 1. The van der Waals surface area contributed by atoms with Crippen molar-refractivity contribution < 1.29 is 9.90 Å². The summed E-state index contributed by atoms with van der Waals surface area (Å²) in [5.74, 6) is 0.678. The molecule has 0 atom stereocenters. The molecule has 0 aromatic heterocycles. The van der Waals surface area contributed by atoms with Crippen molar-refractivity contribution in [1.29, 1.82) is 0 Å². The van der Waals surface area contributed by atoms with Gasteiger partial charge in [-0.1, -0.05) is 12.2 Å². The predicted octanol–water partition coefficient (Wildman–Crippen LogP) is 2.16. The number of carbonyl (C=O) groups is 1. The minimum absolute atomic E-state index is 0.0934. The lowest BCUT2D eigenvalue weighted by atomic mass is 10.0. The second kappa shape index (κ2) is 3.96. The van der Waals surface area contributed by atoms with Crippen LogP contribution in [0, 0.1) is 0 Å². The minimum atomic E-state index is -1.02. The van der Waals surface area contributed by atoms with Crippen LogP contribution in [0.2, 0.25) is 0 Å². The molecular weight excluding hydrogens is 192 g/mol. The van der Waals surface area contributed by atoms with Crippen LogP contribution in [0.3, 0.4) is 0 Å². The molecular formula is C11H18N2O2. The highest BCUT2D eigenvalue weighted by Crippen LogP contribution is 2.23. The summed E-state index contributed by atoms with van der Waals surface area (Å²) in [7, 11) is 0. The van der Waals surface area contributed by atoms with Crippen molar-refractivity contribution in [2.75, 3.05) is 6.54 Å². The van der Waals surface area contributed by atoms with E-state index in [1.807, 2.05) is 24.0 Å². The molecule has 0 bridgehead atoms. The molecule has 4 nitrogen and oxygen atoms in total. The van der Waals surface area contributed by atoms with E-state index in [1.54, 1.807) is 0 Å². The van der Waals surface area contributed by atoms with Gasteiger partial charge in [0, 0.05) is 12.1 Å². The summed E-state index contributed by atoms with van der Waals surface area (Å²) in [5, 5.41) is 11.2. The second-order valence-electron chi connectivity index (χ2n) is 4.65. The molecule has 1 amide bonds. The number of nitrogens with one attached hydrogen (secondary N) is 1. The van der Waals surface area contributed by atoms with Gasteiger partial charge < -0.3 is 10.0 Å². The zero-order chi connectivity index (χ0) is 11.6. The molecule has 0 saturated carbocycles. The van der Waals surface area contributed by atoms with E-state index in [0.29, 0.717) is 5.82 Å². The molecule has 1 rings (SSSR count). The number of nitrogens with zero attached hydrogens (tertiary/aromatic N) is 1. The highest BCUT2D eigenvalue weighted by atomic mass is 16.4. The first-order valence-electron chi connectivity index (χ1n) is 4.97. The standard InChI is InChI=1S/C11H18N2O2/c1-8-6-5-7-13(11(2,3)4)9(8)12-10(14)15/h5-6,12H,7H2,1-4H3,(H,14,15). The topological polar surface area (TPSA) is 52.6 Å². The Balaban J connectivity index is 3.00. The van der Waals surface area contributed by atoms with E-state index >= 15 is 0 Å². The molecule has 0 aromatic rings. The molecule has 0 saturated heterocycles. The van der Waals surface area contributed by atoms with Crippen LogP contribution in [0.5, 0.6) is 0 Å².